The molecule has 0 aromatic carbocycles. The van der Waals surface area contributed by atoms with Crippen LogP contribution in [0.15, 0.2) is 18.3 Å². The number of hydrogen-bond donors (Lipinski definition) is 0. The summed E-state index contributed by atoms with van der Waals surface area (Å²) >= 11 is 0. The van der Waals surface area contributed by atoms with Crippen LogP contribution in [-0.4, -0.2) is 65.2 Å². The standard InChI is InChI=1S/C24H37N3O4/c1-18(2)17-30-20-19(7-6-12-25-20)21(28)26-13-8-24(9-14-26)10-15-27(16-11-24)22(29)31-23(3,4)5/h6-7,12,18H,8-11,13-17H2,1-5H3. The van der Waals surface area contributed by atoms with Crippen molar-refractivity contribution in [2.45, 2.75) is 65.9 Å². The lowest BCUT2D eigenvalue weighted by Crippen LogP contribution is -2.50. The number of pyridine rings is 1. The summed E-state index contributed by atoms with van der Waals surface area (Å²) in [5.74, 6) is 0.784. The average molecular weight is 432 g/mol. The molecule has 0 unspecified atom stereocenters. The van der Waals surface area contributed by atoms with Crippen LogP contribution in [0.25, 0.3) is 0 Å². The van der Waals surface area contributed by atoms with Crippen molar-refractivity contribution < 1.29 is 19.1 Å². The first-order valence-electron chi connectivity index (χ1n) is 11.4. The van der Waals surface area contributed by atoms with Crippen molar-refractivity contribution >= 4 is 12.0 Å². The maximum Gasteiger partial charge on any atom is 0.410 e. The van der Waals surface area contributed by atoms with E-state index in [1.54, 1.807) is 18.3 Å². The Morgan fingerprint density at radius 1 is 1.06 bits per heavy atom. The lowest BCUT2D eigenvalue weighted by molar-refractivity contribution is -0.00116. The van der Waals surface area contributed by atoms with E-state index in [0.717, 1.165) is 51.9 Å². The monoisotopic (exact) mass is 431 g/mol. The molecule has 2 saturated heterocycles. The molecule has 1 spiro atoms. The highest BCUT2D eigenvalue weighted by Crippen LogP contribution is 2.42. The predicted molar refractivity (Wildman–Crippen MR) is 119 cm³/mol. The second kappa shape index (κ2) is 9.45. The van der Waals surface area contributed by atoms with Gasteiger partial charge >= 0.3 is 6.09 Å². The van der Waals surface area contributed by atoms with Crippen molar-refractivity contribution in [2.75, 3.05) is 32.8 Å². The van der Waals surface area contributed by atoms with Gasteiger partial charge in [0.2, 0.25) is 5.88 Å². The first kappa shape index (κ1) is 23.4. The van der Waals surface area contributed by atoms with Crippen LogP contribution in [0, 0.1) is 11.3 Å². The molecule has 3 rings (SSSR count). The summed E-state index contributed by atoms with van der Waals surface area (Å²) in [5.41, 5.74) is 0.280. The summed E-state index contributed by atoms with van der Waals surface area (Å²) < 4.78 is 11.3. The summed E-state index contributed by atoms with van der Waals surface area (Å²) in [6.07, 6.45) is 5.29. The third kappa shape index (κ3) is 6.11. The van der Waals surface area contributed by atoms with Crippen LogP contribution < -0.4 is 4.74 Å². The Labute approximate surface area is 186 Å². The average Bonchev–Trinajstić information content (AvgIpc) is 2.72. The van der Waals surface area contributed by atoms with E-state index >= 15 is 0 Å². The minimum atomic E-state index is -0.470. The summed E-state index contributed by atoms with van der Waals surface area (Å²) in [6.45, 7) is 13.3. The molecule has 1 aromatic heterocycles. The largest absolute Gasteiger partial charge is 0.477 e. The van der Waals surface area contributed by atoms with E-state index < -0.39 is 5.60 Å². The van der Waals surface area contributed by atoms with Gasteiger partial charge in [-0.15, -0.1) is 0 Å². The molecule has 3 heterocycles. The molecule has 172 valence electrons. The maximum atomic E-state index is 13.1. The summed E-state index contributed by atoms with van der Waals surface area (Å²) in [7, 11) is 0. The SMILES string of the molecule is CC(C)COc1ncccc1C(=O)N1CCC2(CCN(C(=O)OC(C)(C)C)CC2)CC1. The van der Waals surface area contributed by atoms with Gasteiger partial charge in [0, 0.05) is 32.4 Å². The van der Waals surface area contributed by atoms with Gasteiger partial charge in [-0.25, -0.2) is 9.78 Å². The summed E-state index contributed by atoms with van der Waals surface area (Å²) in [6, 6.07) is 3.59. The van der Waals surface area contributed by atoms with Crippen LogP contribution in [0.4, 0.5) is 4.79 Å². The number of likely N-dealkylation sites (tertiary alicyclic amines) is 2. The van der Waals surface area contributed by atoms with Crippen molar-refractivity contribution in [3.63, 3.8) is 0 Å². The lowest BCUT2D eigenvalue weighted by Gasteiger charge is -2.46. The molecular formula is C24H37N3O4. The number of hydrogen-bond acceptors (Lipinski definition) is 5. The molecule has 0 N–H and O–H groups in total. The van der Waals surface area contributed by atoms with Crippen molar-refractivity contribution in [3.05, 3.63) is 23.9 Å². The molecule has 0 radical (unpaired) electrons. The number of aromatic nitrogens is 1. The van der Waals surface area contributed by atoms with E-state index in [2.05, 4.69) is 18.8 Å². The second-order valence-electron chi connectivity index (χ2n) is 10.3. The van der Waals surface area contributed by atoms with Crippen molar-refractivity contribution in [1.82, 2.24) is 14.8 Å². The lowest BCUT2D eigenvalue weighted by atomic mass is 9.71. The number of nitrogens with zero attached hydrogens (tertiary/aromatic N) is 3. The highest BCUT2D eigenvalue weighted by Gasteiger charge is 2.40. The summed E-state index contributed by atoms with van der Waals surface area (Å²) in [5, 5.41) is 0. The minimum absolute atomic E-state index is 0.00658. The van der Waals surface area contributed by atoms with E-state index in [1.165, 1.54) is 0 Å². The van der Waals surface area contributed by atoms with Gasteiger partial charge in [0.05, 0.1) is 6.61 Å². The number of rotatable bonds is 4. The number of amides is 2. The fraction of sp³-hybridized carbons (Fsp3) is 0.708. The molecule has 2 fully saturated rings. The van der Waals surface area contributed by atoms with Gasteiger partial charge in [0.25, 0.3) is 5.91 Å². The normalized spacial score (nSPS) is 18.9. The molecule has 31 heavy (non-hydrogen) atoms. The molecule has 2 aliphatic rings. The van der Waals surface area contributed by atoms with Crippen LogP contribution in [0.2, 0.25) is 0 Å². The zero-order valence-electron chi connectivity index (χ0n) is 19.6. The van der Waals surface area contributed by atoms with E-state index in [-0.39, 0.29) is 17.4 Å². The van der Waals surface area contributed by atoms with Crippen molar-refractivity contribution in [1.29, 1.82) is 0 Å². The maximum absolute atomic E-state index is 13.1. The Kier molecular flexibility index (Phi) is 7.12. The van der Waals surface area contributed by atoms with Gasteiger partial charge in [-0.1, -0.05) is 13.8 Å². The zero-order chi connectivity index (χ0) is 22.6. The predicted octanol–water partition coefficient (Wildman–Crippen LogP) is 4.37. The first-order chi connectivity index (χ1) is 14.6. The second-order valence-corrected chi connectivity index (χ2v) is 10.3. The molecule has 0 atom stereocenters. The molecule has 2 amide bonds. The van der Waals surface area contributed by atoms with Gasteiger partial charge in [-0.3, -0.25) is 4.79 Å². The Hall–Kier alpha value is -2.31. The van der Waals surface area contributed by atoms with Crippen LogP contribution in [0.3, 0.4) is 0 Å². The molecular weight excluding hydrogens is 394 g/mol. The summed E-state index contributed by atoms with van der Waals surface area (Å²) in [4.78, 5) is 33.5. The van der Waals surface area contributed by atoms with Crippen LogP contribution >= 0.6 is 0 Å². The van der Waals surface area contributed by atoms with Crippen molar-refractivity contribution in [3.8, 4) is 5.88 Å². The molecule has 0 saturated carbocycles. The van der Waals surface area contributed by atoms with Gasteiger partial charge in [-0.05, 0) is 69.9 Å². The third-order valence-corrected chi connectivity index (χ3v) is 6.14. The minimum Gasteiger partial charge on any atom is -0.477 e. The molecule has 7 heteroatoms. The molecule has 0 aliphatic carbocycles. The zero-order valence-corrected chi connectivity index (χ0v) is 19.6. The van der Waals surface area contributed by atoms with E-state index in [1.807, 2.05) is 30.6 Å². The van der Waals surface area contributed by atoms with Crippen LogP contribution in [0.1, 0.15) is 70.7 Å². The topological polar surface area (TPSA) is 72.0 Å². The Balaban J connectivity index is 1.55. The first-order valence-corrected chi connectivity index (χ1v) is 11.4. The van der Waals surface area contributed by atoms with E-state index in [4.69, 9.17) is 9.47 Å². The smallest absolute Gasteiger partial charge is 0.410 e. The molecule has 0 bridgehead atoms. The Bertz CT molecular complexity index is 769. The van der Waals surface area contributed by atoms with Crippen molar-refractivity contribution in [2.24, 2.45) is 11.3 Å². The molecule has 7 nitrogen and oxygen atoms in total. The van der Waals surface area contributed by atoms with Gasteiger partial charge in [0.1, 0.15) is 11.2 Å². The number of carbonyl (C=O) groups excluding carboxylic acids is 2. The molecule has 2 aliphatic heterocycles. The number of ether oxygens (including phenoxy) is 2. The van der Waals surface area contributed by atoms with Gasteiger partial charge in [0.15, 0.2) is 0 Å². The van der Waals surface area contributed by atoms with E-state index in [0.29, 0.717) is 24.0 Å². The third-order valence-electron chi connectivity index (χ3n) is 6.14. The fourth-order valence-electron chi connectivity index (χ4n) is 4.26. The van der Waals surface area contributed by atoms with Gasteiger partial charge in [-0.2, -0.15) is 0 Å². The Morgan fingerprint density at radius 3 is 2.19 bits per heavy atom. The number of piperidine rings is 2. The fourth-order valence-corrected chi connectivity index (χ4v) is 4.26. The van der Waals surface area contributed by atoms with Crippen LogP contribution in [-0.2, 0) is 4.74 Å². The highest BCUT2D eigenvalue weighted by atomic mass is 16.6. The highest BCUT2D eigenvalue weighted by molar-refractivity contribution is 5.96. The van der Waals surface area contributed by atoms with Gasteiger partial charge < -0.3 is 19.3 Å². The number of carbonyl (C=O) groups is 2. The van der Waals surface area contributed by atoms with Crippen LogP contribution in [0.5, 0.6) is 5.88 Å². The quantitative estimate of drug-likeness (QED) is 0.708. The Morgan fingerprint density at radius 2 is 1.65 bits per heavy atom. The molecule has 1 aromatic rings. The van der Waals surface area contributed by atoms with E-state index in [9.17, 15) is 9.59 Å².